The van der Waals surface area contributed by atoms with Crippen LogP contribution in [-0.4, -0.2) is 15.3 Å². The molecular weight excluding hydrogens is 324 g/mol. The number of hydrogen-bond donors (Lipinski definition) is 3. The fourth-order valence-electron chi connectivity index (χ4n) is 3.21. The summed E-state index contributed by atoms with van der Waals surface area (Å²) in [6.07, 6.45) is 0.590. The summed E-state index contributed by atoms with van der Waals surface area (Å²) in [6, 6.07) is 18.4. The van der Waals surface area contributed by atoms with Crippen LogP contribution in [0, 0.1) is 6.92 Å². The first-order chi connectivity index (χ1) is 12.3. The van der Waals surface area contributed by atoms with E-state index in [1.165, 1.54) is 0 Å². The zero-order chi connectivity index (χ0) is 18.9. The van der Waals surface area contributed by atoms with Crippen molar-refractivity contribution >= 4 is 0 Å². The van der Waals surface area contributed by atoms with Gasteiger partial charge in [0.1, 0.15) is 17.2 Å². The zero-order valence-electron chi connectivity index (χ0n) is 15.3. The van der Waals surface area contributed by atoms with Crippen LogP contribution in [0.5, 0.6) is 17.2 Å². The Morgan fingerprint density at radius 1 is 0.731 bits per heavy atom. The average Bonchev–Trinajstić information content (AvgIpc) is 2.60. The Balaban J connectivity index is 1.96. The van der Waals surface area contributed by atoms with Crippen molar-refractivity contribution in [1.29, 1.82) is 0 Å². The molecule has 3 aromatic rings. The topological polar surface area (TPSA) is 60.7 Å². The van der Waals surface area contributed by atoms with Crippen LogP contribution in [0.15, 0.2) is 60.7 Å². The van der Waals surface area contributed by atoms with Crippen molar-refractivity contribution in [1.82, 2.24) is 0 Å². The van der Waals surface area contributed by atoms with E-state index in [0.717, 1.165) is 27.8 Å². The van der Waals surface area contributed by atoms with Crippen LogP contribution < -0.4 is 0 Å². The predicted octanol–water partition coefficient (Wildman–Crippen LogP) is 5.03. The lowest BCUT2D eigenvalue weighted by Crippen LogP contribution is -2.19. The maximum atomic E-state index is 10.3. The average molecular weight is 348 g/mol. The van der Waals surface area contributed by atoms with Gasteiger partial charge in [-0.15, -0.1) is 0 Å². The predicted molar refractivity (Wildman–Crippen MR) is 104 cm³/mol. The Hall–Kier alpha value is -2.94. The summed E-state index contributed by atoms with van der Waals surface area (Å²) in [5.41, 5.74) is 4.62. The maximum Gasteiger partial charge on any atom is 0.119 e. The molecule has 3 aromatic carbocycles. The van der Waals surface area contributed by atoms with E-state index >= 15 is 0 Å². The van der Waals surface area contributed by atoms with Crippen LogP contribution in [0.25, 0.3) is 0 Å². The number of phenolic OH excluding ortho intramolecular Hbond substituents is 3. The molecule has 0 radical (unpaired) electrons. The molecule has 3 N–H and O–H groups in total. The second-order valence-electron chi connectivity index (χ2n) is 7.31. The second-order valence-corrected chi connectivity index (χ2v) is 7.31. The molecule has 0 bridgehead atoms. The first-order valence-corrected chi connectivity index (χ1v) is 8.68. The highest BCUT2D eigenvalue weighted by molar-refractivity contribution is 5.47. The molecule has 0 amide bonds. The first-order valence-electron chi connectivity index (χ1n) is 8.68. The number of hydrogen-bond acceptors (Lipinski definition) is 3. The number of rotatable bonds is 4. The van der Waals surface area contributed by atoms with Crippen molar-refractivity contribution in [3.63, 3.8) is 0 Å². The summed E-state index contributed by atoms with van der Waals surface area (Å²) in [5, 5.41) is 29.5. The number of aromatic hydroxyl groups is 3. The smallest absolute Gasteiger partial charge is 0.119 e. The summed E-state index contributed by atoms with van der Waals surface area (Å²) in [5.74, 6) is 0.791. The largest absolute Gasteiger partial charge is 0.508 e. The minimum atomic E-state index is -0.263. The Morgan fingerprint density at radius 2 is 1.35 bits per heavy atom. The molecule has 0 aliphatic carbocycles. The van der Waals surface area contributed by atoms with Gasteiger partial charge in [0.05, 0.1) is 0 Å². The van der Waals surface area contributed by atoms with Gasteiger partial charge in [0.2, 0.25) is 0 Å². The molecular formula is C23H24O3. The Morgan fingerprint density at radius 3 is 2.00 bits per heavy atom. The van der Waals surface area contributed by atoms with Gasteiger partial charge in [-0.3, -0.25) is 0 Å². The molecule has 3 nitrogen and oxygen atoms in total. The van der Waals surface area contributed by atoms with Gasteiger partial charge in [0.15, 0.2) is 0 Å². The lowest BCUT2D eigenvalue weighted by atomic mass is 9.77. The van der Waals surface area contributed by atoms with Crippen molar-refractivity contribution in [2.45, 2.75) is 32.6 Å². The molecule has 134 valence electrons. The van der Waals surface area contributed by atoms with E-state index in [0.29, 0.717) is 6.42 Å². The summed E-state index contributed by atoms with van der Waals surface area (Å²) in [7, 11) is 0. The molecule has 0 fully saturated rings. The van der Waals surface area contributed by atoms with Crippen molar-refractivity contribution in [2.75, 3.05) is 0 Å². The highest BCUT2D eigenvalue weighted by Crippen LogP contribution is 2.35. The lowest BCUT2D eigenvalue weighted by molar-refractivity contribution is 0.468. The molecule has 3 rings (SSSR count). The summed E-state index contributed by atoms with van der Waals surface area (Å²) < 4.78 is 0. The van der Waals surface area contributed by atoms with Crippen LogP contribution in [0.3, 0.4) is 0 Å². The van der Waals surface area contributed by atoms with Crippen LogP contribution >= 0.6 is 0 Å². The SMILES string of the molecule is Cc1cc(Cc2cc(C(C)(C)c3ccc(O)cc3)ccc2O)ccc1O. The van der Waals surface area contributed by atoms with Gasteiger partial charge in [-0.25, -0.2) is 0 Å². The van der Waals surface area contributed by atoms with Crippen molar-refractivity contribution in [3.05, 3.63) is 88.5 Å². The van der Waals surface area contributed by atoms with E-state index in [4.69, 9.17) is 0 Å². The summed E-state index contributed by atoms with van der Waals surface area (Å²) in [6.45, 7) is 6.11. The van der Waals surface area contributed by atoms with E-state index in [1.54, 1.807) is 24.3 Å². The zero-order valence-corrected chi connectivity index (χ0v) is 15.3. The number of benzene rings is 3. The van der Waals surface area contributed by atoms with Crippen LogP contribution in [0.1, 0.15) is 41.7 Å². The summed E-state index contributed by atoms with van der Waals surface area (Å²) >= 11 is 0. The van der Waals surface area contributed by atoms with Gasteiger partial charge in [-0.05, 0) is 59.0 Å². The molecule has 0 aliphatic rings. The fraction of sp³-hybridized carbons (Fsp3) is 0.217. The molecule has 0 heterocycles. The molecule has 0 atom stereocenters. The molecule has 0 aromatic heterocycles. The molecule has 0 spiro atoms. The third-order valence-corrected chi connectivity index (χ3v) is 5.05. The minimum Gasteiger partial charge on any atom is -0.508 e. The normalized spacial score (nSPS) is 11.5. The first kappa shape index (κ1) is 17.9. The Bertz CT molecular complexity index is 925. The highest BCUT2D eigenvalue weighted by atomic mass is 16.3. The molecule has 0 saturated carbocycles. The molecule has 26 heavy (non-hydrogen) atoms. The highest BCUT2D eigenvalue weighted by Gasteiger charge is 2.24. The second kappa shape index (κ2) is 6.75. The Labute approximate surface area is 154 Å². The monoisotopic (exact) mass is 348 g/mol. The third-order valence-electron chi connectivity index (χ3n) is 5.05. The van der Waals surface area contributed by atoms with Crippen LogP contribution in [-0.2, 0) is 11.8 Å². The van der Waals surface area contributed by atoms with Crippen LogP contribution in [0.4, 0.5) is 0 Å². The quantitative estimate of drug-likeness (QED) is 0.620. The van der Waals surface area contributed by atoms with Crippen molar-refractivity contribution < 1.29 is 15.3 Å². The van der Waals surface area contributed by atoms with Gasteiger partial charge in [0.25, 0.3) is 0 Å². The van der Waals surface area contributed by atoms with Gasteiger partial charge in [0, 0.05) is 11.8 Å². The van der Waals surface area contributed by atoms with Crippen molar-refractivity contribution in [3.8, 4) is 17.2 Å². The van der Waals surface area contributed by atoms with Gasteiger partial charge in [-0.1, -0.05) is 50.2 Å². The van der Waals surface area contributed by atoms with Crippen molar-refractivity contribution in [2.24, 2.45) is 0 Å². The number of phenols is 3. The standard InChI is InChI=1S/C23H24O3/c1-15-12-16(4-10-21(15)25)13-17-14-19(7-11-22(17)26)23(2,3)18-5-8-20(24)9-6-18/h4-12,14,24-26H,13H2,1-3H3. The lowest BCUT2D eigenvalue weighted by Gasteiger charge is -2.27. The molecule has 0 aliphatic heterocycles. The van der Waals surface area contributed by atoms with Crippen LogP contribution in [0.2, 0.25) is 0 Å². The number of aryl methyl sites for hydroxylation is 1. The molecule has 0 unspecified atom stereocenters. The minimum absolute atomic E-state index is 0.249. The maximum absolute atomic E-state index is 10.3. The summed E-state index contributed by atoms with van der Waals surface area (Å²) in [4.78, 5) is 0. The van der Waals surface area contributed by atoms with Gasteiger partial charge in [-0.2, -0.15) is 0 Å². The van der Waals surface area contributed by atoms with E-state index in [9.17, 15) is 15.3 Å². The van der Waals surface area contributed by atoms with E-state index in [2.05, 4.69) is 13.8 Å². The molecule has 0 saturated heterocycles. The third kappa shape index (κ3) is 3.52. The van der Waals surface area contributed by atoms with E-state index in [1.807, 2.05) is 43.3 Å². The molecule has 3 heteroatoms. The Kier molecular flexibility index (Phi) is 4.64. The van der Waals surface area contributed by atoms with Gasteiger partial charge < -0.3 is 15.3 Å². The fourth-order valence-corrected chi connectivity index (χ4v) is 3.21. The van der Waals surface area contributed by atoms with E-state index < -0.39 is 0 Å². The van der Waals surface area contributed by atoms with E-state index in [-0.39, 0.29) is 22.7 Å². The van der Waals surface area contributed by atoms with Gasteiger partial charge >= 0.3 is 0 Å².